The zero-order chi connectivity index (χ0) is 15.6. The molecule has 0 aromatic heterocycles. The smallest absolute Gasteiger partial charge is 0.263 e. The maximum atomic E-state index is 12.3. The van der Waals surface area contributed by atoms with Crippen molar-refractivity contribution in [3.8, 4) is 6.07 Å². The molecule has 0 aliphatic carbocycles. The highest BCUT2D eigenvalue weighted by atomic mass is 79.9. The van der Waals surface area contributed by atoms with Crippen molar-refractivity contribution in [2.24, 2.45) is 0 Å². The van der Waals surface area contributed by atoms with Gasteiger partial charge in [0.1, 0.15) is 4.90 Å². The number of nitrogens with one attached hydrogen (secondary N) is 1. The lowest BCUT2D eigenvalue weighted by molar-refractivity contribution is 0.601. The number of anilines is 1. The molecule has 2 aromatic carbocycles. The summed E-state index contributed by atoms with van der Waals surface area (Å²) in [6.07, 6.45) is 0. The molecule has 0 amide bonds. The standard InChI is InChI=1S/C13H7BrCl2N2O2S/c14-13-9(15)2-1-3-11(13)18-21(19,20)12-5-4-8(7-17)6-10(12)16/h1-6,18H. The molecule has 0 atom stereocenters. The van der Waals surface area contributed by atoms with E-state index in [1.807, 2.05) is 6.07 Å². The molecular weight excluding hydrogens is 399 g/mol. The van der Waals surface area contributed by atoms with E-state index in [-0.39, 0.29) is 15.5 Å². The largest absolute Gasteiger partial charge is 0.278 e. The van der Waals surface area contributed by atoms with Crippen LogP contribution in [0.15, 0.2) is 45.8 Å². The molecule has 2 aromatic rings. The zero-order valence-electron chi connectivity index (χ0n) is 10.3. The van der Waals surface area contributed by atoms with Crippen LogP contribution in [0.2, 0.25) is 10.0 Å². The molecule has 0 spiro atoms. The Morgan fingerprint density at radius 2 is 1.86 bits per heavy atom. The van der Waals surface area contributed by atoms with Gasteiger partial charge in [0.25, 0.3) is 10.0 Å². The van der Waals surface area contributed by atoms with Crippen LogP contribution in [-0.2, 0) is 10.0 Å². The average Bonchev–Trinajstić information content (AvgIpc) is 2.43. The van der Waals surface area contributed by atoms with E-state index < -0.39 is 10.0 Å². The van der Waals surface area contributed by atoms with E-state index in [0.29, 0.717) is 15.2 Å². The van der Waals surface area contributed by atoms with Crippen LogP contribution in [-0.4, -0.2) is 8.42 Å². The predicted molar refractivity (Wildman–Crippen MR) is 86.1 cm³/mol. The number of sulfonamides is 1. The Hall–Kier alpha value is -1.26. The Balaban J connectivity index is 2.44. The van der Waals surface area contributed by atoms with Crippen molar-refractivity contribution in [1.82, 2.24) is 0 Å². The average molecular weight is 406 g/mol. The van der Waals surface area contributed by atoms with Crippen LogP contribution in [0.5, 0.6) is 0 Å². The molecule has 0 saturated carbocycles. The SMILES string of the molecule is N#Cc1ccc(S(=O)(=O)Nc2cccc(Cl)c2Br)c(Cl)c1. The van der Waals surface area contributed by atoms with E-state index in [1.54, 1.807) is 18.2 Å². The molecule has 21 heavy (non-hydrogen) atoms. The molecule has 8 heteroatoms. The molecule has 2 rings (SSSR count). The molecule has 0 radical (unpaired) electrons. The second-order valence-corrected chi connectivity index (χ2v) is 7.22. The fourth-order valence-corrected chi connectivity index (χ4v) is 3.86. The van der Waals surface area contributed by atoms with E-state index in [1.165, 1.54) is 18.2 Å². The van der Waals surface area contributed by atoms with Gasteiger partial charge in [-0.3, -0.25) is 4.72 Å². The van der Waals surface area contributed by atoms with Gasteiger partial charge in [-0.05, 0) is 46.3 Å². The fraction of sp³-hybridized carbons (Fsp3) is 0. The summed E-state index contributed by atoms with van der Waals surface area (Å²) < 4.78 is 27.5. The van der Waals surface area contributed by atoms with Crippen molar-refractivity contribution in [1.29, 1.82) is 5.26 Å². The summed E-state index contributed by atoms with van der Waals surface area (Å²) in [5.41, 5.74) is 0.575. The summed E-state index contributed by atoms with van der Waals surface area (Å²) >= 11 is 15.0. The van der Waals surface area contributed by atoms with Crippen LogP contribution < -0.4 is 4.72 Å². The van der Waals surface area contributed by atoms with Gasteiger partial charge >= 0.3 is 0 Å². The molecule has 108 valence electrons. The first kappa shape index (κ1) is 16.1. The molecule has 0 bridgehead atoms. The van der Waals surface area contributed by atoms with Crippen molar-refractivity contribution in [2.45, 2.75) is 4.90 Å². The minimum atomic E-state index is -3.89. The number of hydrogen-bond acceptors (Lipinski definition) is 3. The highest BCUT2D eigenvalue weighted by Gasteiger charge is 2.20. The minimum absolute atomic E-state index is 0.0281. The summed E-state index contributed by atoms with van der Waals surface area (Å²) in [5.74, 6) is 0. The topological polar surface area (TPSA) is 70.0 Å². The molecular formula is C13H7BrCl2N2O2S. The Bertz CT molecular complexity index is 848. The zero-order valence-corrected chi connectivity index (χ0v) is 14.2. The van der Waals surface area contributed by atoms with Crippen LogP contribution in [0.3, 0.4) is 0 Å². The quantitative estimate of drug-likeness (QED) is 0.820. The van der Waals surface area contributed by atoms with E-state index in [4.69, 9.17) is 28.5 Å². The van der Waals surface area contributed by atoms with Crippen LogP contribution in [0.1, 0.15) is 5.56 Å². The normalized spacial score (nSPS) is 11.0. The molecule has 0 aliphatic heterocycles. The lowest BCUT2D eigenvalue weighted by atomic mass is 10.2. The Labute approximate surface area is 140 Å². The maximum Gasteiger partial charge on any atom is 0.263 e. The van der Waals surface area contributed by atoms with Gasteiger partial charge in [0, 0.05) is 0 Å². The van der Waals surface area contributed by atoms with Gasteiger partial charge in [-0.15, -0.1) is 0 Å². The maximum absolute atomic E-state index is 12.3. The van der Waals surface area contributed by atoms with Gasteiger partial charge < -0.3 is 0 Å². The number of rotatable bonds is 3. The van der Waals surface area contributed by atoms with Gasteiger partial charge in [-0.2, -0.15) is 5.26 Å². The summed E-state index contributed by atoms with van der Waals surface area (Å²) in [4.78, 5) is -0.116. The van der Waals surface area contributed by atoms with Crippen molar-refractivity contribution in [3.63, 3.8) is 0 Å². The second-order valence-electron chi connectivity index (χ2n) is 3.96. The van der Waals surface area contributed by atoms with Crippen molar-refractivity contribution in [2.75, 3.05) is 4.72 Å². The molecule has 4 nitrogen and oxygen atoms in total. The predicted octanol–water partition coefficient (Wildman–Crippen LogP) is 4.43. The van der Waals surface area contributed by atoms with Crippen LogP contribution >= 0.6 is 39.1 Å². The summed E-state index contributed by atoms with van der Waals surface area (Å²) in [5, 5.41) is 9.11. The lowest BCUT2D eigenvalue weighted by Crippen LogP contribution is -2.14. The highest BCUT2D eigenvalue weighted by Crippen LogP contribution is 2.32. The molecule has 0 aliphatic rings. The van der Waals surface area contributed by atoms with Crippen LogP contribution in [0, 0.1) is 11.3 Å². The fourth-order valence-electron chi connectivity index (χ4n) is 1.57. The second kappa shape index (κ2) is 6.24. The number of nitriles is 1. The lowest BCUT2D eigenvalue weighted by Gasteiger charge is -2.11. The Kier molecular flexibility index (Phi) is 4.79. The van der Waals surface area contributed by atoms with Gasteiger partial charge in [-0.1, -0.05) is 29.3 Å². The molecule has 0 heterocycles. The Morgan fingerprint density at radius 3 is 2.48 bits per heavy atom. The van der Waals surface area contributed by atoms with Crippen molar-refractivity contribution < 1.29 is 8.42 Å². The summed E-state index contributed by atoms with van der Waals surface area (Å²) in [7, 11) is -3.89. The first-order valence-electron chi connectivity index (χ1n) is 5.51. The molecule has 1 N–H and O–H groups in total. The number of nitrogens with zero attached hydrogens (tertiary/aromatic N) is 1. The highest BCUT2D eigenvalue weighted by molar-refractivity contribution is 9.10. The van der Waals surface area contributed by atoms with Gasteiger partial charge in [0.2, 0.25) is 0 Å². The summed E-state index contributed by atoms with van der Waals surface area (Å²) in [6.45, 7) is 0. The van der Waals surface area contributed by atoms with E-state index >= 15 is 0 Å². The van der Waals surface area contributed by atoms with E-state index in [0.717, 1.165) is 0 Å². The number of benzene rings is 2. The van der Waals surface area contributed by atoms with Gasteiger partial charge in [-0.25, -0.2) is 8.42 Å². The first-order chi connectivity index (χ1) is 9.85. The third-order valence-corrected chi connectivity index (χ3v) is 5.79. The van der Waals surface area contributed by atoms with Gasteiger partial charge in [0.05, 0.1) is 31.8 Å². The molecule has 0 unspecified atom stereocenters. The van der Waals surface area contributed by atoms with Crippen LogP contribution in [0.25, 0.3) is 0 Å². The Morgan fingerprint density at radius 1 is 1.14 bits per heavy atom. The third kappa shape index (κ3) is 3.50. The summed E-state index contributed by atoms with van der Waals surface area (Å²) in [6, 6.07) is 10.6. The molecule has 0 fully saturated rings. The molecule has 0 saturated heterocycles. The number of halogens is 3. The van der Waals surface area contributed by atoms with Crippen LogP contribution in [0.4, 0.5) is 5.69 Å². The third-order valence-electron chi connectivity index (χ3n) is 2.55. The van der Waals surface area contributed by atoms with E-state index in [2.05, 4.69) is 20.7 Å². The monoisotopic (exact) mass is 404 g/mol. The first-order valence-corrected chi connectivity index (χ1v) is 8.55. The number of hydrogen-bond donors (Lipinski definition) is 1. The van der Waals surface area contributed by atoms with Gasteiger partial charge in [0.15, 0.2) is 0 Å². The van der Waals surface area contributed by atoms with Crippen molar-refractivity contribution >= 4 is 54.8 Å². The van der Waals surface area contributed by atoms with E-state index in [9.17, 15) is 8.42 Å². The minimum Gasteiger partial charge on any atom is -0.278 e. The van der Waals surface area contributed by atoms with Crippen molar-refractivity contribution in [3.05, 3.63) is 56.5 Å².